The predicted molar refractivity (Wildman–Crippen MR) is 88.0 cm³/mol. The van der Waals surface area contributed by atoms with Crippen molar-refractivity contribution in [3.63, 3.8) is 0 Å². The highest BCUT2D eigenvalue weighted by Gasteiger charge is 2.20. The molecule has 5 nitrogen and oxygen atoms in total. The molecule has 0 fully saturated rings. The zero-order valence-corrected chi connectivity index (χ0v) is 15.1. The molecule has 21 heavy (non-hydrogen) atoms. The van der Waals surface area contributed by atoms with Gasteiger partial charge in [-0.2, -0.15) is 0 Å². The SMILES string of the molecule is CCCCc1cn(CCOCCC[Si](C)(C)OCC)nn1. The van der Waals surface area contributed by atoms with E-state index in [9.17, 15) is 0 Å². The van der Waals surface area contributed by atoms with E-state index in [-0.39, 0.29) is 0 Å². The first-order valence-corrected chi connectivity index (χ1v) is 11.3. The third-order valence-electron chi connectivity index (χ3n) is 3.44. The summed E-state index contributed by atoms with van der Waals surface area (Å²) in [5.74, 6) is 0. The number of aryl methyl sites for hydroxylation is 1. The van der Waals surface area contributed by atoms with Gasteiger partial charge in [0.05, 0.1) is 18.8 Å². The molecule has 0 aromatic carbocycles. The summed E-state index contributed by atoms with van der Waals surface area (Å²) in [6.07, 6.45) is 6.50. The van der Waals surface area contributed by atoms with Gasteiger partial charge in [-0.25, -0.2) is 4.68 Å². The topological polar surface area (TPSA) is 49.2 Å². The summed E-state index contributed by atoms with van der Waals surface area (Å²) in [5.41, 5.74) is 1.08. The maximum atomic E-state index is 5.80. The van der Waals surface area contributed by atoms with Crippen LogP contribution >= 0.6 is 0 Å². The van der Waals surface area contributed by atoms with Crippen LogP contribution < -0.4 is 0 Å². The highest BCUT2D eigenvalue weighted by molar-refractivity contribution is 6.71. The highest BCUT2D eigenvalue weighted by atomic mass is 28.4. The van der Waals surface area contributed by atoms with Crippen molar-refractivity contribution in [2.75, 3.05) is 19.8 Å². The van der Waals surface area contributed by atoms with Gasteiger partial charge in [0.1, 0.15) is 0 Å². The van der Waals surface area contributed by atoms with E-state index in [1.54, 1.807) is 0 Å². The van der Waals surface area contributed by atoms with Crippen LogP contribution in [0.5, 0.6) is 0 Å². The maximum absolute atomic E-state index is 5.80. The van der Waals surface area contributed by atoms with E-state index in [2.05, 4.69) is 37.3 Å². The van der Waals surface area contributed by atoms with E-state index in [0.717, 1.165) is 44.3 Å². The molecule has 0 N–H and O–H groups in total. The molecule has 0 aliphatic heterocycles. The largest absolute Gasteiger partial charge is 0.418 e. The third kappa shape index (κ3) is 8.33. The average Bonchev–Trinajstić information content (AvgIpc) is 2.88. The van der Waals surface area contributed by atoms with Gasteiger partial charge in [0.25, 0.3) is 0 Å². The molecule has 0 spiro atoms. The van der Waals surface area contributed by atoms with E-state index in [1.165, 1.54) is 12.8 Å². The van der Waals surface area contributed by atoms with Gasteiger partial charge >= 0.3 is 0 Å². The number of aromatic nitrogens is 3. The first-order valence-electron chi connectivity index (χ1n) is 8.18. The molecule has 0 saturated carbocycles. The fourth-order valence-electron chi connectivity index (χ4n) is 2.24. The van der Waals surface area contributed by atoms with Gasteiger partial charge < -0.3 is 9.16 Å². The Labute approximate surface area is 130 Å². The van der Waals surface area contributed by atoms with Crippen molar-refractivity contribution in [1.29, 1.82) is 0 Å². The van der Waals surface area contributed by atoms with E-state index < -0.39 is 8.32 Å². The molecule has 0 amide bonds. The summed E-state index contributed by atoms with van der Waals surface area (Å²) >= 11 is 0. The zero-order chi connectivity index (χ0) is 15.6. The molecule has 0 atom stereocenters. The van der Waals surface area contributed by atoms with Crippen LogP contribution in [0, 0.1) is 0 Å². The Kier molecular flexibility index (Phi) is 8.80. The number of nitrogens with zero attached hydrogens (tertiary/aromatic N) is 3. The lowest BCUT2D eigenvalue weighted by Gasteiger charge is -2.21. The molecular weight excluding hydrogens is 282 g/mol. The lowest BCUT2D eigenvalue weighted by Crippen LogP contribution is -2.30. The number of unbranched alkanes of at least 4 members (excludes halogenated alkanes) is 1. The van der Waals surface area contributed by atoms with Gasteiger partial charge in [0, 0.05) is 19.4 Å². The van der Waals surface area contributed by atoms with Gasteiger partial charge in [-0.15, -0.1) is 5.10 Å². The molecule has 0 bridgehead atoms. The summed E-state index contributed by atoms with van der Waals surface area (Å²) in [6.45, 7) is 11.9. The van der Waals surface area contributed by atoms with Crippen molar-refractivity contribution in [2.24, 2.45) is 0 Å². The van der Waals surface area contributed by atoms with Crippen LogP contribution in [-0.2, 0) is 22.1 Å². The van der Waals surface area contributed by atoms with Crippen LogP contribution in [-0.4, -0.2) is 43.1 Å². The van der Waals surface area contributed by atoms with Crippen LogP contribution in [0.2, 0.25) is 19.1 Å². The molecule has 0 unspecified atom stereocenters. The Hall–Kier alpha value is -0.723. The van der Waals surface area contributed by atoms with Crippen molar-refractivity contribution in [3.8, 4) is 0 Å². The standard InChI is InChI=1S/C15H31N3O2Si/c1-5-7-9-15-14-18(17-16-15)10-12-19-11-8-13-21(3,4)20-6-2/h14H,5-13H2,1-4H3. The minimum atomic E-state index is -1.44. The Morgan fingerprint density at radius 3 is 2.71 bits per heavy atom. The van der Waals surface area contributed by atoms with Crippen molar-refractivity contribution < 1.29 is 9.16 Å². The number of hydrogen-bond acceptors (Lipinski definition) is 4. The van der Waals surface area contributed by atoms with Crippen LogP contribution in [0.25, 0.3) is 0 Å². The fourth-order valence-corrected chi connectivity index (χ4v) is 4.16. The summed E-state index contributed by atoms with van der Waals surface area (Å²) in [6, 6.07) is 1.16. The molecular formula is C15H31N3O2Si. The molecule has 0 aliphatic carbocycles. The lowest BCUT2D eigenvalue weighted by atomic mass is 10.2. The van der Waals surface area contributed by atoms with Gasteiger partial charge in [-0.05, 0) is 45.3 Å². The van der Waals surface area contributed by atoms with E-state index >= 15 is 0 Å². The minimum absolute atomic E-state index is 0.702. The Morgan fingerprint density at radius 2 is 2.00 bits per heavy atom. The monoisotopic (exact) mass is 313 g/mol. The van der Waals surface area contributed by atoms with Crippen LogP contribution in [0.15, 0.2) is 6.20 Å². The minimum Gasteiger partial charge on any atom is -0.418 e. The third-order valence-corrected chi connectivity index (χ3v) is 6.07. The van der Waals surface area contributed by atoms with Crippen LogP contribution in [0.4, 0.5) is 0 Å². The second kappa shape index (κ2) is 10.1. The lowest BCUT2D eigenvalue weighted by molar-refractivity contribution is 0.123. The van der Waals surface area contributed by atoms with Crippen molar-refractivity contribution in [3.05, 3.63) is 11.9 Å². The van der Waals surface area contributed by atoms with Crippen molar-refractivity contribution in [1.82, 2.24) is 15.0 Å². The van der Waals surface area contributed by atoms with Gasteiger partial charge in [-0.3, -0.25) is 0 Å². The normalized spacial score (nSPS) is 12.0. The van der Waals surface area contributed by atoms with E-state index in [1.807, 2.05) is 10.9 Å². The predicted octanol–water partition coefficient (Wildman–Crippen LogP) is 3.27. The second-order valence-corrected chi connectivity index (χ2v) is 10.3. The second-order valence-electron chi connectivity index (χ2n) is 5.99. The van der Waals surface area contributed by atoms with Crippen molar-refractivity contribution >= 4 is 8.32 Å². The Bertz CT molecular complexity index is 383. The molecule has 0 aliphatic rings. The first-order chi connectivity index (χ1) is 10.1. The van der Waals surface area contributed by atoms with Crippen LogP contribution in [0.1, 0.15) is 38.8 Å². The van der Waals surface area contributed by atoms with E-state index in [0.29, 0.717) is 6.61 Å². The molecule has 1 aromatic rings. The smallest absolute Gasteiger partial charge is 0.186 e. The number of hydrogen-bond donors (Lipinski definition) is 0. The molecule has 0 saturated heterocycles. The summed E-state index contributed by atoms with van der Waals surface area (Å²) in [5, 5.41) is 8.29. The first kappa shape index (κ1) is 18.3. The number of ether oxygens (including phenoxy) is 1. The molecule has 6 heteroatoms. The fraction of sp³-hybridized carbons (Fsp3) is 0.867. The van der Waals surface area contributed by atoms with Crippen LogP contribution in [0.3, 0.4) is 0 Å². The molecule has 0 radical (unpaired) electrons. The summed E-state index contributed by atoms with van der Waals surface area (Å²) < 4.78 is 13.4. The maximum Gasteiger partial charge on any atom is 0.186 e. The Balaban J connectivity index is 2.07. The zero-order valence-electron chi connectivity index (χ0n) is 14.1. The van der Waals surface area contributed by atoms with Gasteiger partial charge in [0.2, 0.25) is 0 Å². The van der Waals surface area contributed by atoms with Gasteiger partial charge in [-0.1, -0.05) is 18.6 Å². The summed E-state index contributed by atoms with van der Waals surface area (Å²) in [4.78, 5) is 0. The van der Waals surface area contributed by atoms with E-state index in [4.69, 9.17) is 9.16 Å². The molecule has 1 rings (SSSR count). The Morgan fingerprint density at radius 1 is 1.19 bits per heavy atom. The van der Waals surface area contributed by atoms with Gasteiger partial charge in [0.15, 0.2) is 8.32 Å². The van der Waals surface area contributed by atoms with Crippen molar-refractivity contribution in [2.45, 2.75) is 65.2 Å². The molecule has 1 aromatic heterocycles. The quantitative estimate of drug-likeness (QED) is 0.439. The molecule has 122 valence electrons. The number of rotatable bonds is 12. The molecule has 1 heterocycles. The highest BCUT2D eigenvalue weighted by Crippen LogP contribution is 2.13. The summed E-state index contributed by atoms with van der Waals surface area (Å²) in [7, 11) is -1.44. The average molecular weight is 314 g/mol.